The SMILES string of the molecule is CC(C)(c1ccccc1)N1CC(C(N)=O)(C2C3CC4CC(C3)CC2C4)C(C)(C(N)=O)C1=O. The van der Waals surface area contributed by atoms with Gasteiger partial charge in [0, 0.05) is 6.54 Å². The highest BCUT2D eigenvalue weighted by Gasteiger charge is 2.74. The monoisotopic (exact) mass is 437 g/mol. The topological polar surface area (TPSA) is 106 Å². The zero-order chi connectivity index (χ0) is 23.1. The Kier molecular flexibility index (Phi) is 4.57. The number of amides is 3. The molecule has 2 atom stereocenters. The predicted molar refractivity (Wildman–Crippen MR) is 121 cm³/mol. The second-order valence-electron chi connectivity index (χ2n) is 11.6. The molecule has 2 unspecified atom stereocenters. The van der Waals surface area contributed by atoms with Gasteiger partial charge in [0.25, 0.3) is 0 Å². The van der Waals surface area contributed by atoms with Gasteiger partial charge in [-0.05, 0) is 88.0 Å². The molecular formula is C26H35N3O3. The standard InChI is InChI=1S/C26H35N3O3/c1-24(2,19-7-5-4-6-8-19)29-14-26(22(28)31,25(3,21(27)30)23(29)32)20-17-10-15-9-16(12-17)13-18(20)11-15/h4-8,15-18,20H,9-14H2,1-3H3,(H2,27,30)(H2,28,31). The number of benzene rings is 1. The zero-order valence-electron chi connectivity index (χ0n) is 19.3. The van der Waals surface area contributed by atoms with Crippen molar-refractivity contribution < 1.29 is 14.4 Å². The van der Waals surface area contributed by atoms with Crippen LogP contribution >= 0.6 is 0 Å². The van der Waals surface area contributed by atoms with Crippen molar-refractivity contribution in [3.63, 3.8) is 0 Å². The normalized spacial score (nSPS) is 40.7. The van der Waals surface area contributed by atoms with Crippen LogP contribution in [0.1, 0.15) is 58.4 Å². The van der Waals surface area contributed by atoms with Gasteiger partial charge in [-0.3, -0.25) is 14.4 Å². The lowest BCUT2D eigenvalue weighted by molar-refractivity contribution is -0.169. The van der Waals surface area contributed by atoms with Crippen LogP contribution in [0.25, 0.3) is 0 Å². The predicted octanol–water partition coefficient (Wildman–Crippen LogP) is 2.80. The lowest BCUT2D eigenvalue weighted by Crippen LogP contribution is -2.65. The molecule has 172 valence electrons. The first-order valence-electron chi connectivity index (χ1n) is 12.0. The second-order valence-corrected chi connectivity index (χ2v) is 11.6. The van der Waals surface area contributed by atoms with E-state index in [1.807, 2.05) is 44.2 Å². The first kappa shape index (κ1) is 21.5. The van der Waals surface area contributed by atoms with Gasteiger partial charge in [0.05, 0.1) is 11.0 Å². The fourth-order valence-corrected chi connectivity index (χ4v) is 8.38. The molecule has 4 saturated carbocycles. The van der Waals surface area contributed by atoms with Crippen LogP contribution in [0, 0.1) is 40.4 Å². The van der Waals surface area contributed by atoms with Crippen molar-refractivity contribution in [3.8, 4) is 0 Å². The fraction of sp³-hybridized carbons (Fsp3) is 0.654. The average Bonchev–Trinajstić information content (AvgIpc) is 2.98. The molecule has 0 aromatic heterocycles. The highest BCUT2D eigenvalue weighted by molar-refractivity contribution is 6.12. The summed E-state index contributed by atoms with van der Waals surface area (Å²) < 4.78 is 0. The number of carbonyl (C=O) groups is 3. The smallest absolute Gasteiger partial charge is 0.239 e. The summed E-state index contributed by atoms with van der Waals surface area (Å²) >= 11 is 0. The lowest BCUT2D eigenvalue weighted by Gasteiger charge is -2.60. The third kappa shape index (κ3) is 2.55. The highest BCUT2D eigenvalue weighted by atomic mass is 16.2. The van der Waals surface area contributed by atoms with Crippen LogP contribution in [0.3, 0.4) is 0 Å². The number of nitrogens with two attached hydrogens (primary N) is 2. The molecule has 1 aliphatic heterocycles. The maximum absolute atomic E-state index is 14.1. The minimum Gasteiger partial charge on any atom is -0.369 e. The largest absolute Gasteiger partial charge is 0.369 e. The summed E-state index contributed by atoms with van der Waals surface area (Å²) in [6.07, 6.45) is 5.55. The van der Waals surface area contributed by atoms with E-state index >= 15 is 0 Å². The summed E-state index contributed by atoms with van der Waals surface area (Å²) in [4.78, 5) is 42.3. The van der Waals surface area contributed by atoms with Gasteiger partial charge in [0.15, 0.2) is 0 Å². The summed E-state index contributed by atoms with van der Waals surface area (Å²) in [6.45, 7) is 5.68. The van der Waals surface area contributed by atoms with Crippen molar-refractivity contribution in [3.05, 3.63) is 35.9 Å². The van der Waals surface area contributed by atoms with Gasteiger partial charge in [-0.15, -0.1) is 0 Å². The molecule has 4 N–H and O–H groups in total. The maximum atomic E-state index is 14.1. The highest BCUT2D eigenvalue weighted by Crippen LogP contribution is 2.66. The van der Waals surface area contributed by atoms with Gasteiger partial charge < -0.3 is 16.4 Å². The van der Waals surface area contributed by atoms with Crippen molar-refractivity contribution in [2.75, 3.05) is 6.54 Å². The molecule has 1 heterocycles. The molecular weight excluding hydrogens is 402 g/mol. The molecule has 3 amide bonds. The van der Waals surface area contributed by atoms with Crippen LogP contribution < -0.4 is 11.5 Å². The summed E-state index contributed by atoms with van der Waals surface area (Å²) in [5.41, 5.74) is 9.49. The number of primary amides is 2. The van der Waals surface area contributed by atoms with E-state index < -0.39 is 28.2 Å². The first-order valence-corrected chi connectivity index (χ1v) is 12.0. The van der Waals surface area contributed by atoms with Crippen molar-refractivity contribution in [1.29, 1.82) is 0 Å². The molecule has 1 aromatic rings. The Morgan fingerprint density at radius 3 is 1.94 bits per heavy atom. The Hall–Kier alpha value is -2.37. The minimum absolute atomic E-state index is 0.0779. The molecule has 0 radical (unpaired) electrons. The number of hydrogen-bond acceptors (Lipinski definition) is 3. The van der Waals surface area contributed by atoms with Crippen molar-refractivity contribution in [1.82, 2.24) is 4.90 Å². The van der Waals surface area contributed by atoms with E-state index in [1.165, 1.54) is 6.42 Å². The number of likely N-dealkylation sites (tertiary alicyclic amines) is 1. The summed E-state index contributed by atoms with van der Waals surface area (Å²) in [7, 11) is 0. The number of hydrogen-bond donors (Lipinski definition) is 2. The molecule has 32 heavy (non-hydrogen) atoms. The van der Waals surface area contributed by atoms with E-state index in [-0.39, 0.29) is 18.4 Å². The van der Waals surface area contributed by atoms with Crippen LogP contribution in [-0.4, -0.2) is 29.2 Å². The van der Waals surface area contributed by atoms with Gasteiger partial charge in [0.2, 0.25) is 17.7 Å². The van der Waals surface area contributed by atoms with Crippen LogP contribution in [0.2, 0.25) is 0 Å². The maximum Gasteiger partial charge on any atom is 0.239 e. The van der Waals surface area contributed by atoms with E-state index in [4.69, 9.17) is 11.5 Å². The fourth-order valence-electron chi connectivity index (χ4n) is 8.38. The van der Waals surface area contributed by atoms with Gasteiger partial charge >= 0.3 is 0 Å². The average molecular weight is 438 g/mol. The van der Waals surface area contributed by atoms with Crippen LogP contribution in [0.15, 0.2) is 30.3 Å². The van der Waals surface area contributed by atoms with E-state index in [2.05, 4.69) is 0 Å². The molecule has 5 fully saturated rings. The molecule has 0 spiro atoms. The molecule has 1 saturated heterocycles. The second kappa shape index (κ2) is 6.82. The van der Waals surface area contributed by atoms with Crippen molar-refractivity contribution in [2.45, 2.75) is 58.4 Å². The number of carbonyl (C=O) groups excluding carboxylic acids is 3. The summed E-state index contributed by atoms with van der Waals surface area (Å²) in [6, 6.07) is 9.75. The van der Waals surface area contributed by atoms with Crippen molar-refractivity contribution >= 4 is 17.7 Å². The number of nitrogens with zero attached hydrogens (tertiary/aromatic N) is 1. The Morgan fingerprint density at radius 1 is 0.938 bits per heavy atom. The Labute approximate surface area is 190 Å². The van der Waals surface area contributed by atoms with Crippen LogP contribution in [0.5, 0.6) is 0 Å². The molecule has 1 aromatic carbocycles. The van der Waals surface area contributed by atoms with Crippen LogP contribution in [-0.2, 0) is 19.9 Å². The van der Waals surface area contributed by atoms with E-state index in [0.717, 1.165) is 31.2 Å². The molecule has 4 bridgehead atoms. The Bertz CT molecular complexity index is 946. The molecule has 4 aliphatic carbocycles. The Morgan fingerprint density at radius 2 is 1.47 bits per heavy atom. The molecule has 6 heteroatoms. The van der Waals surface area contributed by atoms with Gasteiger partial charge in [-0.25, -0.2) is 0 Å². The van der Waals surface area contributed by atoms with Gasteiger partial charge in [0.1, 0.15) is 5.41 Å². The zero-order valence-corrected chi connectivity index (χ0v) is 19.3. The lowest BCUT2D eigenvalue weighted by atomic mass is 9.43. The van der Waals surface area contributed by atoms with Gasteiger partial charge in [-0.1, -0.05) is 30.3 Å². The quantitative estimate of drug-likeness (QED) is 0.692. The van der Waals surface area contributed by atoms with Crippen LogP contribution in [0.4, 0.5) is 0 Å². The summed E-state index contributed by atoms with van der Waals surface area (Å²) in [5, 5.41) is 0. The molecule has 6 rings (SSSR count). The first-order chi connectivity index (χ1) is 15.0. The summed E-state index contributed by atoms with van der Waals surface area (Å²) in [5.74, 6) is 0.324. The third-order valence-electron chi connectivity index (χ3n) is 9.86. The van der Waals surface area contributed by atoms with Gasteiger partial charge in [-0.2, -0.15) is 0 Å². The molecule has 6 nitrogen and oxygen atoms in total. The van der Waals surface area contributed by atoms with E-state index in [1.54, 1.807) is 11.8 Å². The molecule has 5 aliphatic rings. The minimum atomic E-state index is -1.65. The number of rotatable bonds is 5. The van der Waals surface area contributed by atoms with Crippen molar-refractivity contribution in [2.24, 2.45) is 51.9 Å². The van der Waals surface area contributed by atoms with E-state index in [0.29, 0.717) is 23.7 Å². The van der Waals surface area contributed by atoms with E-state index in [9.17, 15) is 14.4 Å². The Balaban J connectivity index is 1.66. The third-order valence-corrected chi connectivity index (χ3v) is 9.86.